The van der Waals surface area contributed by atoms with Gasteiger partial charge >= 0.3 is 0 Å². The van der Waals surface area contributed by atoms with Crippen molar-refractivity contribution in [3.05, 3.63) is 64.0 Å². The molecule has 116 valence electrons. The number of benzene rings is 2. The van der Waals surface area contributed by atoms with E-state index in [9.17, 15) is 22.9 Å². The minimum Gasteiger partial charge on any atom is -0.379 e. The van der Waals surface area contributed by atoms with Crippen LogP contribution in [0.15, 0.2) is 47.4 Å². The standard InChI is InChI=1S/C14H13FN2O4S/c1-22(20,21)12-5-2-10(3-6-12)9-16-14-7-4-11(17(18)19)8-13(14)15/h2-8,16H,9H2,1H3. The summed E-state index contributed by atoms with van der Waals surface area (Å²) in [7, 11) is -3.25. The molecule has 0 saturated carbocycles. The molecule has 0 heterocycles. The van der Waals surface area contributed by atoms with Crippen molar-refractivity contribution in [3.8, 4) is 0 Å². The Bertz CT molecular complexity index is 804. The molecule has 0 radical (unpaired) electrons. The first-order valence-electron chi connectivity index (χ1n) is 6.24. The fourth-order valence-corrected chi connectivity index (χ4v) is 2.44. The molecule has 0 spiro atoms. The third kappa shape index (κ3) is 3.79. The second-order valence-electron chi connectivity index (χ2n) is 4.69. The van der Waals surface area contributed by atoms with Gasteiger partial charge in [-0.2, -0.15) is 0 Å². The van der Waals surface area contributed by atoms with Gasteiger partial charge in [0, 0.05) is 18.9 Å². The van der Waals surface area contributed by atoms with Crippen molar-refractivity contribution in [1.82, 2.24) is 0 Å². The highest BCUT2D eigenvalue weighted by atomic mass is 32.2. The first-order valence-corrected chi connectivity index (χ1v) is 8.13. The number of nitro benzene ring substituents is 1. The van der Waals surface area contributed by atoms with Gasteiger partial charge in [-0.25, -0.2) is 12.8 Å². The third-order valence-corrected chi connectivity index (χ3v) is 4.13. The molecule has 1 N–H and O–H groups in total. The zero-order valence-corrected chi connectivity index (χ0v) is 12.4. The maximum Gasteiger partial charge on any atom is 0.272 e. The van der Waals surface area contributed by atoms with Crippen molar-refractivity contribution < 1.29 is 17.7 Å². The van der Waals surface area contributed by atoms with Crippen molar-refractivity contribution in [2.24, 2.45) is 0 Å². The number of non-ortho nitro benzene ring substituents is 1. The normalized spacial score (nSPS) is 11.2. The Hall–Kier alpha value is -2.48. The smallest absolute Gasteiger partial charge is 0.272 e. The molecule has 0 bridgehead atoms. The Morgan fingerprint density at radius 1 is 1.18 bits per heavy atom. The molecule has 0 atom stereocenters. The summed E-state index contributed by atoms with van der Waals surface area (Å²) in [5.74, 6) is -0.720. The molecule has 6 nitrogen and oxygen atoms in total. The van der Waals surface area contributed by atoms with E-state index in [1.807, 2.05) is 0 Å². The number of nitrogens with one attached hydrogen (secondary N) is 1. The van der Waals surface area contributed by atoms with Crippen LogP contribution in [0.25, 0.3) is 0 Å². The van der Waals surface area contributed by atoms with Crippen molar-refractivity contribution in [2.45, 2.75) is 11.4 Å². The van der Waals surface area contributed by atoms with Crippen LogP contribution in [-0.2, 0) is 16.4 Å². The Labute approximate surface area is 126 Å². The van der Waals surface area contributed by atoms with Crippen LogP contribution in [0, 0.1) is 15.9 Å². The predicted octanol–water partition coefficient (Wildman–Crippen LogP) is 2.75. The van der Waals surface area contributed by atoms with E-state index >= 15 is 0 Å². The fourth-order valence-electron chi connectivity index (χ4n) is 1.81. The number of hydrogen-bond donors (Lipinski definition) is 1. The third-order valence-electron chi connectivity index (χ3n) is 3.00. The summed E-state index contributed by atoms with van der Waals surface area (Å²) in [4.78, 5) is 10.1. The quantitative estimate of drug-likeness (QED) is 0.675. The topological polar surface area (TPSA) is 89.3 Å². The molecule has 2 aromatic rings. The zero-order valence-electron chi connectivity index (χ0n) is 11.6. The van der Waals surface area contributed by atoms with Crippen LogP contribution in [0.4, 0.5) is 15.8 Å². The van der Waals surface area contributed by atoms with Crippen molar-refractivity contribution >= 4 is 21.2 Å². The first-order chi connectivity index (χ1) is 10.3. The van der Waals surface area contributed by atoms with E-state index in [0.717, 1.165) is 17.9 Å². The highest BCUT2D eigenvalue weighted by Gasteiger charge is 2.10. The maximum absolute atomic E-state index is 13.7. The van der Waals surface area contributed by atoms with Gasteiger partial charge in [-0.15, -0.1) is 0 Å². The average Bonchev–Trinajstić information content (AvgIpc) is 2.45. The van der Waals surface area contributed by atoms with Crippen LogP contribution in [0.5, 0.6) is 0 Å². The molecule has 0 aromatic heterocycles. The lowest BCUT2D eigenvalue weighted by atomic mass is 10.2. The summed E-state index contributed by atoms with van der Waals surface area (Å²) >= 11 is 0. The number of halogens is 1. The van der Waals surface area contributed by atoms with E-state index in [4.69, 9.17) is 0 Å². The highest BCUT2D eigenvalue weighted by Crippen LogP contribution is 2.21. The molecule has 0 amide bonds. The summed E-state index contributed by atoms with van der Waals surface area (Å²) in [5, 5.41) is 13.3. The molecule has 2 rings (SSSR count). The van der Waals surface area contributed by atoms with E-state index in [1.54, 1.807) is 12.1 Å². The van der Waals surface area contributed by atoms with E-state index in [2.05, 4.69) is 5.32 Å². The van der Waals surface area contributed by atoms with Crippen LogP contribution in [0.2, 0.25) is 0 Å². The fraction of sp³-hybridized carbons (Fsp3) is 0.143. The number of nitrogens with zero attached hydrogens (tertiary/aromatic N) is 1. The SMILES string of the molecule is CS(=O)(=O)c1ccc(CNc2ccc([N+](=O)[O-])cc2F)cc1. The Kier molecular flexibility index (Phi) is 4.41. The average molecular weight is 324 g/mol. The van der Waals surface area contributed by atoms with E-state index in [-0.39, 0.29) is 22.8 Å². The van der Waals surface area contributed by atoms with Gasteiger partial charge < -0.3 is 5.32 Å². The van der Waals surface area contributed by atoms with Gasteiger partial charge in [0.25, 0.3) is 5.69 Å². The van der Waals surface area contributed by atoms with Crippen LogP contribution in [0.3, 0.4) is 0 Å². The van der Waals surface area contributed by atoms with Crippen molar-refractivity contribution in [1.29, 1.82) is 0 Å². The van der Waals surface area contributed by atoms with Crippen LogP contribution < -0.4 is 5.32 Å². The molecule has 8 heteroatoms. The summed E-state index contributed by atoms with van der Waals surface area (Å²) in [5.41, 5.74) is 0.573. The molecule has 0 aliphatic carbocycles. The van der Waals surface area contributed by atoms with Gasteiger partial charge in [0.2, 0.25) is 0 Å². The molecule has 0 fully saturated rings. The van der Waals surface area contributed by atoms with Gasteiger partial charge in [-0.05, 0) is 23.8 Å². The summed E-state index contributed by atoms with van der Waals surface area (Å²) in [6.07, 6.45) is 1.12. The predicted molar refractivity (Wildman–Crippen MR) is 79.9 cm³/mol. The second-order valence-corrected chi connectivity index (χ2v) is 6.71. The molecular formula is C14H13FN2O4S. The molecule has 0 unspecified atom stereocenters. The minimum absolute atomic E-state index is 0.137. The lowest BCUT2D eigenvalue weighted by Gasteiger charge is -2.08. The maximum atomic E-state index is 13.7. The van der Waals surface area contributed by atoms with E-state index < -0.39 is 20.6 Å². The number of anilines is 1. The molecule has 22 heavy (non-hydrogen) atoms. The largest absolute Gasteiger partial charge is 0.379 e. The van der Waals surface area contributed by atoms with Crippen LogP contribution in [0.1, 0.15) is 5.56 Å². The van der Waals surface area contributed by atoms with Crippen molar-refractivity contribution in [3.63, 3.8) is 0 Å². The minimum atomic E-state index is -3.25. The van der Waals surface area contributed by atoms with Crippen LogP contribution >= 0.6 is 0 Å². The summed E-state index contributed by atoms with van der Waals surface area (Å²) in [6.45, 7) is 0.263. The number of rotatable bonds is 5. The Morgan fingerprint density at radius 2 is 1.82 bits per heavy atom. The van der Waals surface area contributed by atoms with E-state index in [0.29, 0.717) is 0 Å². The lowest BCUT2D eigenvalue weighted by Crippen LogP contribution is -2.03. The Balaban J connectivity index is 2.09. The van der Waals surface area contributed by atoms with E-state index in [1.165, 1.54) is 24.3 Å². The number of sulfone groups is 1. The van der Waals surface area contributed by atoms with Crippen LogP contribution in [-0.4, -0.2) is 19.6 Å². The molecule has 0 aliphatic heterocycles. The van der Waals surface area contributed by atoms with Gasteiger partial charge in [0.15, 0.2) is 15.7 Å². The van der Waals surface area contributed by atoms with Crippen molar-refractivity contribution in [2.75, 3.05) is 11.6 Å². The lowest BCUT2D eigenvalue weighted by molar-refractivity contribution is -0.385. The molecule has 0 saturated heterocycles. The second kappa shape index (κ2) is 6.10. The summed E-state index contributed by atoms with van der Waals surface area (Å²) in [6, 6.07) is 9.52. The first kappa shape index (κ1) is 15.9. The van der Waals surface area contributed by atoms with Gasteiger partial charge in [0.1, 0.15) is 0 Å². The molecule has 0 aliphatic rings. The zero-order chi connectivity index (χ0) is 16.3. The van der Waals surface area contributed by atoms with Gasteiger partial charge in [-0.3, -0.25) is 10.1 Å². The van der Waals surface area contributed by atoms with Gasteiger partial charge in [-0.1, -0.05) is 12.1 Å². The highest BCUT2D eigenvalue weighted by molar-refractivity contribution is 7.90. The monoisotopic (exact) mass is 324 g/mol. The molecular weight excluding hydrogens is 311 g/mol. The number of nitro groups is 1. The summed E-state index contributed by atoms with van der Waals surface area (Å²) < 4.78 is 36.4. The van der Waals surface area contributed by atoms with Gasteiger partial charge in [0.05, 0.1) is 21.6 Å². The number of hydrogen-bond acceptors (Lipinski definition) is 5. The molecule has 2 aromatic carbocycles. The Morgan fingerprint density at radius 3 is 2.32 bits per heavy atom.